The van der Waals surface area contributed by atoms with Crippen molar-refractivity contribution in [3.05, 3.63) is 256 Å². The zero-order valence-electron chi connectivity index (χ0n) is 81.5. The van der Waals surface area contributed by atoms with E-state index in [0.29, 0.717) is 0 Å². The van der Waals surface area contributed by atoms with Crippen LogP contribution in [0.2, 0.25) is 0 Å². The molecule has 0 aliphatic rings. The van der Waals surface area contributed by atoms with E-state index in [1.165, 1.54) is 135 Å². The average molecular weight is 1880 g/mol. The van der Waals surface area contributed by atoms with Crippen LogP contribution in [0.25, 0.3) is 111 Å². The second kappa shape index (κ2) is 48.7. The molecule has 15 rings (SSSR count). The van der Waals surface area contributed by atoms with Gasteiger partial charge in [0.25, 0.3) is 0 Å². The Kier molecular flexibility index (Phi) is 38.7. The van der Waals surface area contributed by atoms with Gasteiger partial charge in [0.1, 0.15) is 0 Å². The second-order valence-electron chi connectivity index (χ2n) is 32.4. The largest absolute Gasteiger partial charge is 2.00 e. The maximum atomic E-state index is 5.14. The van der Waals surface area contributed by atoms with Crippen LogP contribution < -0.4 is 0 Å². The molecule has 0 spiro atoms. The number of aromatic nitrogens is 14. The summed E-state index contributed by atoms with van der Waals surface area (Å²) in [6, 6.07) is 34.0. The summed E-state index contributed by atoms with van der Waals surface area (Å²) in [5.41, 5.74) is 47.8. The number of fused-ring (bicyclic) bond motifs is 12. The Morgan fingerprint density at radius 1 is 0.156 bits per heavy atom. The Balaban J connectivity index is 0.000000181. The minimum absolute atomic E-state index is 0. The first-order valence-electron chi connectivity index (χ1n) is 48.3. The van der Waals surface area contributed by atoms with Gasteiger partial charge in [0.15, 0.2) is 0 Å². The van der Waals surface area contributed by atoms with Crippen molar-refractivity contribution in [2.45, 2.75) is 320 Å². The third kappa shape index (κ3) is 21.7. The average Bonchev–Trinajstić information content (AvgIpc) is 0.715. The van der Waals surface area contributed by atoms with Crippen LogP contribution in [0.3, 0.4) is 0 Å². The number of rotatable bonds is 28. The molecule has 0 aliphatic heterocycles. The summed E-state index contributed by atoms with van der Waals surface area (Å²) in [5, 5.41) is 3.76. The third-order valence-electron chi connectivity index (χ3n) is 25.6. The predicted molar refractivity (Wildman–Crippen MR) is 533 cm³/mol. The van der Waals surface area contributed by atoms with Gasteiger partial charge in [-0.25, -0.2) is 9.97 Å². The number of pyridine rings is 12. The molecule has 0 radical (unpaired) electrons. The van der Waals surface area contributed by atoms with E-state index in [0.717, 1.165) is 265 Å². The van der Waals surface area contributed by atoms with E-state index in [-0.39, 0.29) is 39.0 Å². The number of benzene rings is 2. The van der Waals surface area contributed by atoms with Crippen molar-refractivity contribution in [1.29, 1.82) is 0 Å². The molecule has 670 valence electrons. The van der Waals surface area contributed by atoms with E-state index in [4.69, 9.17) is 49.8 Å². The Bertz CT molecular complexity index is 5130. The molecule has 0 saturated heterocycles. The van der Waals surface area contributed by atoms with Crippen molar-refractivity contribution < 1.29 is 39.0 Å². The molecule has 13 aromatic heterocycles. The zero-order valence-corrected chi connectivity index (χ0v) is 85.0. The first-order valence-corrected chi connectivity index (χ1v) is 48.3. The maximum Gasteiger partial charge on any atom is 2.00 e. The summed E-state index contributed by atoms with van der Waals surface area (Å²) in [7, 11) is 0. The quantitative estimate of drug-likeness (QED) is 0.0257. The van der Waals surface area contributed by atoms with Gasteiger partial charge in [-0.15, -0.1) is 0 Å². The summed E-state index contributed by atoms with van der Waals surface area (Å²) in [5.74, 6) is 0. The van der Waals surface area contributed by atoms with Gasteiger partial charge in [-0.3, -0.25) is 59.8 Å². The van der Waals surface area contributed by atoms with Gasteiger partial charge in [-0.05, 0) is 340 Å². The van der Waals surface area contributed by atoms with Crippen LogP contribution in [0.4, 0.5) is 0 Å². The van der Waals surface area contributed by atoms with E-state index < -0.39 is 0 Å². The monoisotopic (exact) mass is 1880 g/mol. The Hall–Kier alpha value is -9.87. The topological polar surface area (TPSA) is 180 Å². The number of hydrogen-bond donors (Lipinski definition) is 0. The third-order valence-corrected chi connectivity index (χ3v) is 25.6. The number of nitrogens with zero attached hydrogens (tertiary/aromatic N) is 14. The van der Waals surface area contributed by atoms with Crippen LogP contribution in [0.1, 0.15) is 301 Å². The van der Waals surface area contributed by atoms with Gasteiger partial charge >= 0.3 is 39.0 Å². The SMILES string of the molecule is CCc1cc(-c2cc(CC)c(CC)c(CC)n2)nc(CC)c1CC.CCc1cc(-c2cc(CC)c(CC)c(CC)n2)nc(CC)c1CC.CCc1cc(-c2cc(CC)c(CC)c(CC)n2)nc(CC)c1CC.CCc1cc(-c2cc(CC)c(CC)c(CC)n2)nc(CC)c1CC.[Ru+2].[Ru+2].c1cnc2c(c1)c1nc3c4cccnc4c4ncccc4c3nc1c1cccnc12. The Morgan fingerprint density at radius 2 is 0.289 bits per heavy atom. The molecule has 0 aliphatic carbocycles. The fraction of sp³-hybridized carbons (Fsp3) is 0.429. The van der Waals surface area contributed by atoms with Crippen LogP contribution in [0, 0.1) is 0 Å². The van der Waals surface area contributed by atoms with Gasteiger partial charge in [0.2, 0.25) is 0 Å². The fourth-order valence-corrected chi connectivity index (χ4v) is 19.1. The Labute approximate surface area is 790 Å². The second-order valence-corrected chi connectivity index (χ2v) is 32.4. The van der Waals surface area contributed by atoms with Crippen LogP contribution in [0.5, 0.6) is 0 Å². The Morgan fingerprint density at radius 3 is 0.398 bits per heavy atom. The van der Waals surface area contributed by atoms with Gasteiger partial charge in [-0.1, -0.05) is 166 Å². The minimum atomic E-state index is 0. The van der Waals surface area contributed by atoms with Crippen molar-refractivity contribution in [2.24, 2.45) is 0 Å². The molecular weight excluding hydrogens is 1740 g/mol. The van der Waals surface area contributed by atoms with E-state index in [9.17, 15) is 0 Å². The molecule has 15 aromatic rings. The van der Waals surface area contributed by atoms with Crippen molar-refractivity contribution >= 4 is 65.7 Å². The molecule has 0 unspecified atom stereocenters. The molecule has 128 heavy (non-hydrogen) atoms. The van der Waals surface area contributed by atoms with Crippen LogP contribution in [0.15, 0.2) is 122 Å². The zero-order chi connectivity index (χ0) is 90.4. The number of hydrogen-bond acceptors (Lipinski definition) is 14. The van der Waals surface area contributed by atoms with Gasteiger partial charge < -0.3 is 0 Å². The standard InChI is InChI=1S/C24H12N6.4C22H32N2.2Ru/c1-5-13-17(25-9-1)18-14(6-2-10-26-18)22-21(13)29-23-15-7-3-11-27-19(15)20-16(24(23)30-22)8-4-12-28-20;4*1-7-15-13-21(23-19(11-5)17(15)9-3)22-14-16(8-2)18(10-4)20(12-6)24-22;;/h1-12H;4*13-14H,7-12H2,1-6H3;;/q;;;;;2*+2. The van der Waals surface area contributed by atoms with Gasteiger partial charge in [0, 0.05) is 91.9 Å². The summed E-state index contributed by atoms with van der Waals surface area (Å²) >= 11 is 0. The van der Waals surface area contributed by atoms with Gasteiger partial charge in [-0.2, -0.15) is 0 Å². The molecule has 16 heteroatoms. The van der Waals surface area contributed by atoms with Crippen LogP contribution >= 0.6 is 0 Å². The van der Waals surface area contributed by atoms with Gasteiger partial charge in [0.05, 0.1) is 89.7 Å². The molecule has 0 bridgehead atoms. The fourth-order valence-electron chi connectivity index (χ4n) is 19.1. The molecule has 0 atom stereocenters. The minimum Gasteiger partial charge on any atom is -0.254 e. The predicted octanol–water partition coefficient (Wildman–Crippen LogP) is 27.0. The maximum absolute atomic E-state index is 5.14. The van der Waals surface area contributed by atoms with E-state index in [1.54, 1.807) is 24.8 Å². The van der Waals surface area contributed by atoms with E-state index in [2.05, 4.69) is 235 Å². The molecular formula is C112H140N14Ru2+4. The van der Waals surface area contributed by atoms with Crippen molar-refractivity contribution in [3.8, 4) is 45.6 Å². The molecule has 14 nitrogen and oxygen atoms in total. The van der Waals surface area contributed by atoms with Crippen molar-refractivity contribution in [1.82, 2.24) is 69.8 Å². The summed E-state index contributed by atoms with van der Waals surface area (Å²) in [6.45, 7) is 53.3. The summed E-state index contributed by atoms with van der Waals surface area (Å²) in [6.07, 6.45) is 31.9. The van der Waals surface area contributed by atoms with Crippen molar-refractivity contribution in [2.75, 3.05) is 0 Å². The molecule has 0 saturated carbocycles. The van der Waals surface area contributed by atoms with E-state index >= 15 is 0 Å². The van der Waals surface area contributed by atoms with E-state index in [1.807, 2.05) is 48.5 Å². The first kappa shape index (κ1) is 102. The molecule has 0 N–H and O–H groups in total. The normalized spacial score (nSPS) is 11.1. The number of aryl methyl sites for hydroxylation is 16. The molecule has 0 fully saturated rings. The smallest absolute Gasteiger partial charge is 0.254 e. The van der Waals surface area contributed by atoms with Crippen molar-refractivity contribution in [3.63, 3.8) is 0 Å². The molecule has 0 amide bonds. The van der Waals surface area contributed by atoms with Crippen LogP contribution in [-0.4, -0.2) is 69.8 Å². The molecule has 2 aromatic carbocycles. The first-order chi connectivity index (χ1) is 61.4. The summed E-state index contributed by atoms with van der Waals surface area (Å²) < 4.78 is 0. The molecule has 13 heterocycles. The van der Waals surface area contributed by atoms with Crippen LogP contribution in [-0.2, 0) is 193 Å². The summed E-state index contributed by atoms with van der Waals surface area (Å²) in [4.78, 5) is 68.5.